The summed E-state index contributed by atoms with van der Waals surface area (Å²) in [5, 5.41) is 8.78. The molecule has 0 aliphatic carbocycles. The van der Waals surface area contributed by atoms with E-state index in [0.29, 0.717) is 18.7 Å². The summed E-state index contributed by atoms with van der Waals surface area (Å²) in [6, 6.07) is 4.87. The number of ether oxygens (including phenoxy) is 2. The van der Waals surface area contributed by atoms with Crippen molar-refractivity contribution < 1.29 is 9.47 Å². The average molecular weight is 343 g/mol. The Morgan fingerprint density at radius 3 is 2.92 bits per heavy atom. The molecule has 0 saturated carbocycles. The van der Waals surface area contributed by atoms with Gasteiger partial charge in [-0.2, -0.15) is 0 Å². The fourth-order valence-corrected chi connectivity index (χ4v) is 3.85. The fraction of sp³-hybridized carbons (Fsp3) is 0.611. The van der Waals surface area contributed by atoms with Crippen LogP contribution in [0.2, 0.25) is 0 Å². The molecule has 0 amide bonds. The molecule has 0 radical (unpaired) electrons. The third-order valence-corrected chi connectivity index (χ3v) is 5.19. The van der Waals surface area contributed by atoms with Crippen LogP contribution in [0.3, 0.4) is 0 Å². The van der Waals surface area contributed by atoms with Crippen molar-refractivity contribution in [1.29, 1.82) is 0 Å². The van der Waals surface area contributed by atoms with E-state index in [2.05, 4.69) is 31.6 Å². The lowest BCUT2D eigenvalue weighted by Gasteiger charge is -2.37. The molecule has 4 heterocycles. The van der Waals surface area contributed by atoms with Gasteiger partial charge in [0.15, 0.2) is 5.82 Å². The molecule has 7 nitrogen and oxygen atoms in total. The van der Waals surface area contributed by atoms with Crippen LogP contribution in [0.1, 0.15) is 31.4 Å². The highest BCUT2D eigenvalue weighted by Crippen LogP contribution is 2.22. The van der Waals surface area contributed by atoms with E-state index in [4.69, 9.17) is 9.47 Å². The zero-order valence-corrected chi connectivity index (χ0v) is 14.7. The van der Waals surface area contributed by atoms with Gasteiger partial charge in [0, 0.05) is 51.0 Å². The van der Waals surface area contributed by atoms with E-state index in [1.165, 1.54) is 0 Å². The van der Waals surface area contributed by atoms with Crippen molar-refractivity contribution in [1.82, 2.24) is 24.6 Å². The minimum atomic E-state index is 0.421. The van der Waals surface area contributed by atoms with Crippen molar-refractivity contribution in [2.24, 2.45) is 0 Å². The Bertz CT molecular complexity index is 684. The van der Waals surface area contributed by atoms with Crippen molar-refractivity contribution in [3.05, 3.63) is 36.2 Å². The van der Waals surface area contributed by atoms with Gasteiger partial charge in [-0.05, 0) is 31.9 Å². The van der Waals surface area contributed by atoms with Crippen LogP contribution < -0.4 is 4.74 Å². The summed E-state index contributed by atoms with van der Waals surface area (Å²) in [5.74, 6) is 2.71. The molecule has 2 aliphatic rings. The van der Waals surface area contributed by atoms with E-state index < -0.39 is 0 Å². The zero-order valence-electron chi connectivity index (χ0n) is 14.7. The molecule has 0 spiro atoms. The maximum absolute atomic E-state index is 5.81. The van der Waals surface area contributed by atoms with Gasteiger partial charge < -0.3 is 14.0 Å². The van der Waals surface area contributed by atoms with Gasteiger partial charge in [0.2, 0.25) is 0 Å². The highest BCUT2D eigenvalue weighted by Gasteiger charge is 2.30. The maximum Gasteiger partial charge on any atom is 0.171 e. The van der Waals surface area contributed by atoms with Crippen LogP contribution in [0.25, 0.3) is 0 Å². The molecule has 1 saturated heterocycles. The second-order valence-corrected chi connectivity index (χ2v) is 6.80. The van der Waals surface area contributed by atoms with Crippen LogP contribution in [-0.4, -0.2) is 56.5 Å². The van der Waals surface area contributed by atoms with Gasteiger partial charge >= 0.3 is 0 Å². The summed E-state index contributed by atoms with van der Waals surface area (Å²) in [5.41, 5.74) is 0. The summed E-state index contributed by atoms with van der Waals surface area (Å²) in [6.45, 7) is 6.41. The summed E-state index contributed by atoms with van der Waals surface area (Å²) in [4.78, 5) is 6.70. The van der Waals surface area contributed by atoms with Gasteiger partial charge in [0.1, 0.15) is 18.2 Å². The molecule has 2 aliphatic heterocycles. The minimum Gasteiger partial charge on any atom is -0.484 e. The number of nitrogens with zero attached hydrogens (tertiary/aromatic N) is 5. The van der Waals surface area contributed by atoms with Crippen molar-refractivity contribution in [3.63, 3.8) is 0 Å². The first-order chi connectivity index (χ1) is 12.3. The number of rotatable bonds is 4. The molecule has 0 aromatic carbocycles. The first-order valence-electron chi connectivity index (χ1n) is 9.08. The zero-order chi connectivity index (χ0) is 17.1. The van der Waals surface area contributed by atoms with Crippen molar-refractivity contribution in [3.8, 4) is 5.75 Å². The van der Waals surface area contributed by atoms with E-state index in [9.17, 15) is 0 Å². The highest BCUT2D eigenvalue weighted by atomic mass is 16.5. The normalized spacial score (nSPS) is 22.4. The van der Waals surface area contributed by atoms with Crippen molar-refractivity contribution in [2.45, 2.75) is 51.4 Å². The Morgan fingerprint density at radius 1 is 1.24 bits per heavy atom. The molecular formula is C18H25N5O2. The maximum atomic E-state index is 5.81. The van der Waals surface area contributed by atoms with Gasteiger partial charge in [-0.25, -0.2) is 0 Å². The molecule has 0 bridgehead atoms. The first-order valence-corrected chi connectivity index (χ1v) is 9.08. The summed E-state index contributed by atoms with van der Waals surface area (Å²) in [6.07, 6.45) is 6.64. The van der Waals surface area contributed by atoms with Gasteiger partial charge in [-0.1, -0.05) is 0 Å². The molecule has 7 heteroatoms. The van der Waals surface area contributed by atoms with E-state index >= 15 is 0 Å². The standard InChI is InChI=1S/C18H25N5O2/c1-14-11-17-20-21-18(13-25-16-3-2-6-19-12-16)23(17)8-7-22(14)15-4-9-24-10-5-15/h2-3,6,12,14-15H,4-5,7-11,13H2,1H3/t14-/m1/s1. The number of aromatic nitrogens is 4. The SMILES string of the molecule is C[C@@H]1Cc2nnc(COc3cccnc3)n2CCN1C1CCOCC1. The predicted octanol–water partition coefficient (Wildman–Crippen LogP) is 1.68. The Kier molecular flexibility index (Phi) is 4.94. The lowest BCUT2D eigenvalue weighted by Crippen LogP contribution is -2.45. The number of hydrogen-bond acceptors (Lipinski definition) is 6. The lowest BCUT2D eigenvalue weighted by atomic mass is 10.0. The molecule has 0 N–H and O–H groups in total. The van der Waals surface area contributed by atoms with Crippen LogP contribution in [0.5, 0.6) is 5.75 Å². The third-order valence-electron chi connectivity index (χ3n) is 5.19. The molecule has 1 atom stereocenters. The van der Waals surface area contributed by atoms with E-state index in [0.717, 1.165) is 63.0 Å². The Balaban J connectivity index is 1.44. The molecule has 25 heavy (non-hydrogen) atoms. The van der Waals surface area contributed by atoms with E-state index in [1.807, 2.05) is 12.1 Å². The molecule has 2 aromatic rings. The monoisotopic (exact) mass is 343 g/mol. The minimum absolute atomic E-state index is 0.421. The Morgan fingerprint density at radius 2 is 2.12 bits per heavy atom. The summed E-state index contributed by atoms with van der Waals surface area (Å²) in [7, 11) is 0. The highest BCUT2D eigenvalue weighted by molar-refractivity contribution is 5.15. The van der Waals surface area contributed by atoms with E-state index in [-0.39, 0.29) is 0 Å². The van der Waals surface area contributed by atoms with E-state index in [1.54, 1.807) is 12.4 Å². The summed E-state index contributed by atoms with van der Waals surface area (Å²) < 4.78 is 13.6. The van der Waals surface area contributed by atoms with Crippen molar-refractivity contribution in [2.75, 3.05) is 19.8 Å². The molecule has 2 aromatic heterocycles. The van der Waals surface area contributed by atoms with Crippen LogP contribution in [0.4, 0.5) is 0 Å². The third kappa shape index (κ3) is 3.67. The fourth-order valence-electron chi connectivity index (χ4n) is 3.85. The number of hydrogen-bond donors (Lipinski definition) is 0. The average Bonchev–Trinajstić information content (AvgIpc) is 2.95. The molecular weight excluding hydrogens is 318 g/mol. The molecule has 0 unspecified atom stereocenters. The summed E-state index contributed by atoms with van der Waals surface area (Å²) >= 11 is 0. The van der Waals surface area contributed by atoms with Gasteiger partial charge in [-0.3, -0.25) is 9.88 Å². The molecule has 134 valence electrons. The first kappa shape index (κ1) is 16.5. The number of pyridine rings is 1. The van der Waals surface area contributed by atoms with Crippen LogP contribution in [0, 0.1) is 0 Å². The largest absolute Gasteiger partial charge is 0.484 e. The van der Waals surface area contributed by atoms with Crippen LogP contribution in [0.15, 0.2) is 24.5 Å². The smallest absolute Gasteiger partial charge is 0.171 e. The van der Waals surface area contributed by atoms with Gasteiger partial charge in [-0.15, -0.1) is 10.2 Å². The predicted molar refractivity (Wildman–Crippen MR) is 92.3 cm³/mol. The Hall–Kier alpha value is -1.99. The van der Waals surface area contributed by atoms with Gasteiger partial charge in [0.05, 0.1) is 6.20 Å². The van der Waals surface area contributed by atoms with Crippen LogP contribution in [-0.2, 0) is 24.3 Å². The molecule has 1 fully saturated rings. The second-order valence-electron chi connectivity index (χ2n) is 6.80. The second kappa shape index (κ2) is 7.49. The molecule has 4 rings (SSSR count). The van der Waals surface area contributed by atoms with Crippen molar-refractivity contribution >= 4 is 0 Å². The lowest BCUT2D eigenvalue weighted by molar-refractivity contribution is 0.0203. The van der Waals surface area contributed by atoms with Gasteiger partial charge in [0.25, 0.3) is 0 Å². The Labute approximate surface area is 148 Å². The van der Waals surface area contributed by atoms with Crippen LogP contribution >= 0.6 is 0 Å². The quantitative estimate of drug-likeness (QED) is 0.841. The topological polar surface area (TPSA) is 65.3 Å². The number of fused-ring (bicyclic) bond motifs is 1.